The first-order valence-electron chi connectivity index (χ1n) is 8.19. The van der Waals surface area contributed by atoms with Gasteiger partial charge >= 0.3 is 0 Å². The third kappa shape index (κ3) is 3.43. The number of benzene rings is 1. The SMILES string of the molecule is CCS(=O)(=O)N(CC(=O)N1CCCCC1)c1ccc2c(c1)OCO2. The van der Waals surface area contributed by atoms with E-state index in [2.05, 4.69) is 0 Å². The molecule has 8 heteroatoms. The summed E-state index contributed by atoms with van der Waals surface area (Å²) in [7, 11) is -3.58. The van der Waals surface area contributed by atoms with Gasteiger partial charge in [0.05, 0.1) is 11.4 Å². The molecular formula is C16H22N2O5S. The Balaban J connectivity index is 1.85. The molecule has 2 aliphatic heterocycles. The predicted octanol–water partition coefficient (Wildman–Crippen LogP) is 1.58. The van der Waals surface area contributed by atoms with Crippen LogP contribution in [0, 0.1) is 0 Å². The Morgan fingerprint density at radius 1 is 1.17 bits per heavy atom. The van der Waals surface area contributed by atoms with Crippen LogP contribution >= 0.6 is 0 Å². The average molecular weight is 354 g/mol. The van der Waals surface area contributed by atoms with Crippen molar-refractivity contribution in [3.8, 4) is 11.5 Å². The average Bonchev–Trinajstić information content (AvgIpc) is 3.07. The number of piperidine rings is 1. The number of carbonyl (C=O) groups is 1. The Kier molecular flexibility index (Phi) is 4.84. The minimum Gasteiger partial charge on any atom is -0.454 e. The highest BCUT2D eigenvalue weighted by atomic mass is 32.2. The molecule has 0 spiro atoms. The molecule has 132 valence electrons. The van der Waals surface area contributed by atoms with Crippen LogP contribution in [-0.2, 0) is 14.8 Å². The molecule has 7 nitrogen and oxygen atoms in total. The third-order valence-corrected chi connectivity index (χ3v) is 6.07. The number of rotatable bonds is 5. The largest absolute Gasteiger partial charge is 0.454 e. The number of nitrogens with zero attached hydrogens (tertiary/aromatic N) is 2. The summed E-state index contributed by atoms with van der Waals surface area (Å²) in [4.78, 5) is 14.3. The van der Waals surface area contributed by atoms with Gasteiger partial charge in [0.2, 0.25) is 22.7 Å². The van der Waals surface area contributed by atoms with Crippen molar-refractivity contribution < 1.29 is 22.7 Å². The van der Waals surface area contributed by atoms with E-state index in [0.717, 1.165) is 19.3 Å². The Labute approximate surface area is 142 Å². The molecule has 0 aromatic heterocycles. The van der Waals surface area contributed by atoms with Crippen molar-refractivity contribution >= 4 is 21.6 Å². The molecule has 2 aliphatic rings. The van der Waals surface area contributed by atoms with Crippen LogP contribution < -0.4 is 13.8 Å². The van der Waals surface area contributed by atoms with Crippen LogP contribution in [0.1, 0.15) is 26.2 Å². The lowest BCUT2D eigenvalue weighted by molar-refractivity contribution is -0.130. The highest BCUT2D eigenvalue weighted by molar-refractivity contribution is 7.92. The molecule has 1 aromatic carbocycles. The molecule has 0 saturated carbocycles. The van der Waals surface area contributed by atoms with Gasteiger partial charge in [0.1, 0.15) is 6.54 Å². The maximum Gasteiger partial charge on any atom is 0.243 e. The first-order chi connectivity index (χ1) is 11.5. The second kappa shape index (κ2) is 6.88. The van der Waals surface area contributed by atoms with Crippen LogP contribution in [0.15, 0.2) is 18.2 Å². The summed E-state index contributed by atoms with van der Waals surface area (Å²) in [5.74, 6) is 0.836. The molecule has 0 bridgehead atoms. The summed E-state index contributed by atoms with van der Waals surface area (Å²) in [6.45, 7) is 2.89. The van der Waals surface area contributed by atoms with Gasteiger partial charge in [0.15, 0.2) is 11.5 Å². The van der Waals surface area contributed by atoms with Crippen LogP contribution in [0.25, 0.3) is 0 Å². The van der Waals surface area contributed by atoms with E-state index >= 15 is 0 Å². The maximum absolute atomic E-state index is 12.5. The van der Waals surface area contributed by atoms with E-state index in [1.807, 2.05) is 0 Å². The van der Waals surface area contributed by atoms with Gasteiger partial charge in [-0.15, -0.1) is 0 Å². The van der Waals surface area contributed by atoms with Gasteiger partial charge in [-0.25, -0.2) is 8.42 Å². The smallest absolute Gasteiger partial charge is 0.243 e. The fraction of sp³-hybridized carbons (Fsp3) is 0.562. The van der Waals surface area contributed by atoms with E-state index in [0.29, 0.717) is 30.3 Å². The van der Waals surface area contributed by atoms with Gasteiger partial charge in [-0.05, 0) is 38.3 Å². The summed E-state index contributed by atoms with van der Waals surface area (Å²) < 4.78 is 36.7. The highest BCUT2D eigenvalue weighted by Gasteiger charge is 2.28. The summed E-state index contributed by atoms with van der Waals surface area (Å²) >= 11 is 0. The van der Waals surface area contributed by atoms with E-state index < -0.39 is 10.0 Å². The lowest BCUT2D eigenvalue weighted by atomic mass is 10.1. The zero-order valence-electron chi connectivity index (χ0n) is 13.7. The monoisotopic (exact) mass is 354 g/mol. The van der Waals surface area contributed by atoms with Crippen molar-refractivity contribution in [2.75, 3.05) is 36.5 Å². The number of sulfonamides is 1. The Morgan fingerprint density at radius 2 is 1.88 bits per heavy atom. The van der Waals surface area contributed by atoms with Crippen molar-refractivity contribution in [3.05, 3.63) is 18.2 Å². The first-order valence-corrected chi connectivity index (χ1v) is 9.80. The van der Waals surface area contributed by atoms with E-state index in [9.17, 15) is 13.2 Å². The summed E-state index contributed by atoms with van der Waals surface area (Å²) in [6.07, 6.45) is 3.05. The van der Waals surface area contributed by atoms with E-state index in [1.165, 1.54) is 4.31 Å². The zero-order chi connectivity index (χ0) is 17.2. The summed E-state index contributed by atoms with van der Waals surface area (Å²) in [6, 6.07) is 4.92. The number of anilines is 1. The molecule has 0 atom stereocenters. The number of ether oxygens (including phenoxy) is 2. The molecule has 3 rings (SSSR count). The molecule has 0 radical (unpaired) electrons. The molecule has 0 N–H and O–H groups in total. The van der Waals surface area contributed by atoms with Crippen molar-refractivity contribution in [3.63, 3.8) is 0 Å². The molecule has 0 aliphatic carbocycles. The Hall–Kier alpha value is -1.96. The van der Waals surface area contributed by atoms with E-state index in [4.69, 9.17) is 9.47 Å². The van der Waals surface area contributed by atoms with Crippen LogP contribution in [0.4, 0.5) is 5.69 Å². The molecule has 1 amide bonds. The normalized spacial score (nSPS) is 17.0. The van der Waals surface area contributed by atoms with Gasteiger partial charge in [0, 0.05) is 19.2 Å². The molecule has 0 unspecified atom stereocenters. The fourth-order valence-electron chi connectivity index (χ4n) is 2.91. The van der Waals surface area contributed by atoms with Gasteiger partial charge in [-0.3, -0.25) is 9.10 Å². The highest BCUT2D eigenvalue weighted by Crippen LogP contribution is 2.36. The van der Waals surface area contributed by atoms with Crippen molar-refractivity contribution in [2.45, 2.75) is 26.2 Å². The minimum atomic E-state index is -3.58. The predicted molar refractivity (Wildman–Crippen MR) is 89.8 cm³/mol. The molecular weight excluding hydrogens is 332 g/mol. The van der Waals surface area contributed by atoms with E-state index in [-0.39, 0.29) is 25.0 Å². The fourth-order valence-corrected chi connectivity index (χ4v) is 3.97. The molecule has 2 heterocycles. The molecule has 1 fully saturated rings. The third-order valence-electron chi connectivity index (χ3n) is 4.33. The van der Waals surface area contributed by atoms with Crippen molar-refractivity contribution in [1.29, 1.82) is 0 Å². The topological polar surface area (TPSA) is 76.2 Å². The number of likely N-dealkylation sites (tertiary alicyclic amines) is 1. The minimum absolute atomic E-state index is 0.0747. The number of carbonyl (C=O) groups excluding carboxylic acids is 1. The number of amides is 1. The number of hydrogen-bond donors (Lipinski definition) is 0. The lowest BCUT2D eigenvalue weighted by Gasteiger charge is -2.30. The second-order valence-electron chi connectivity index (χ2n) is 5.89. The Morgan fingerprint density at radius 3 is 2.58 bits per heavy atom. The van der Waals surface area contributed by atoms with Crippen molar-refractivity contribution in [2.24, 2.45) is 0 Å². The van der Waals surface area contributed by atoms with Gasteiger partial charge < -0.3 is 14.4 Å². The molecule has 24 heavy (non-hydrogen) atoms. The second-order valence-corrected chi connectivity index (χ2v) is 8.07. The number of fused-ring (bicyclic) bond motifs is 1. The molecule has 1 saturated heterocycles. The van der Waals surface area contributed by atoms with Crippen LogP contribution in [0.3, 0.4) is 0 Å². The van der Waals surface area contributed by atoms with Gasteiger partial charge in [-0.2, -0.15) is 0 Å². The zero-order valence-corrected chi connectivity index (χ0v) is 14.5. The van der Waals surface area contributed by atoms with Crippen LogP contribution in [0.2, 0.25) is 0 Å². The first kappa shape index (κ1) is 16.9. The summed E-state index contributed by atoms with van der Waals surface area (Å²) in [5.41, 5.74) is 0.423. The lowest BCUT2D eigenvalue weighted by Crippen LogP contribution is -2.45. The standard InChI is InChI=1S/C16H22N2O5S/c1-2-24(20,21)18(11-16(19)17-8-4-3-5-9-17)13-6-7-14-15(10-13)23-12-22-14/h6-7,10H,2-5,8-9,11-12H2,1H3. The summed E-state index contributed by atoms with van der Waals surface area (Å²) in [5, 5.41) is 0. The van der Waals surface area contributed by atoms with Crippen molar-refractivity contribution in [1.82, 2.24) is 4.90 Å². The molecule has 1 aromatic rings. The maximum atomic E-state index is 12.5. The quantitative estimate of drug-likeness (QED) is 0.802. The van der Waals surface area contributed by atoms with Gasteiger partial charge in [-0.1, -0.05) is 0 Å². The van der Waals surface area contributed by atoms with Gasteiger partial charge in [0.25, 0.3) is 0 Å². The van der Waals surface area contributed by atoms with Crippen LogP contribution in [0.5, 0.6) is 11.5 Å². The number of hydrogen-bond acceptors (Lipinski definition) is 5. The van der Waals surface area contributed by atoms with E-state index in [1.54, 1.807) is 30.0 Å². The van der Waals surface area contributed by atoms with Crippen LogP contribution in [-0.4, -0.2) is 51.4 Å². The Bertz CT molecular complexity index is 713.